The van der Waals surface area contributed by atoms with Crippen LogP contribution in [0.5, 0.6) is 0 Å². The molecule has 0 N–H and O–H groups in total. The highest BCUT2D eigenvalue weighted by Crippen LogP contribution is 2.13. The van der Waals surface area contributed by atoms with Gasteiger partial charge in [0.1, 0.15) is 0 Å². The van der Waals surface area contributed by atoms with E-state index in [0.717, 1.165) is 6.42 Å². The fourth-order valence-electron chi connectivity index (χ4n) is 1.62. The largest absolute Gasteiger partial charge is 0.265 e. The van der Waals surface area contributed by atoms with Crippen molar-refractivity contribution < 1.29 is 0 Å². The Kier molecular flexibility index (Phi) is 3.50. The molecular formula is C15H15N. The van der Waals surface area contributed by atoms with E-state index in [9.17, 15) is 0 Å². The number of benzene rings is 1. The Bertz CT molecular complexity index is 457. The van der Waals surface area contributed by atoms with Crippen LogP contribution >= 0.6 is 0 Å². The van der Waals surface area contributed by atoms with E-state index in [1.54, 1.807) is 0 Å². The Hall–Kier alpha value is -1.89. The molecule has 2 rings (SSSR count). The van der Waals surface area contributed by atoms with Crippen molar-refractivity contribution >= 4 is 5.57 Å². The molecule has 1 heteroatoms. The van der Waals surface area contributed by atoms with Gasteiger partial charge in [0, 0.05) is 12.4 Å². The summed E-state index contributed by atoms with van der Waals surface area (Å²) < 4.78 is 0. The van der Waals surface area contributed by atoms with Gasteiger partial charge in [0.15, 0.2) is 0 Å². The molecule has 1 heterocycles. The number of hydrogen-bond donors (Lipinski definition) is 0. The monoisotopic (exact) mass is 209 g/mol. The van der Waals surface area contributed by atoms with Crippen LogP contribution in [-0.4, -0.2) is 4.98 Å². The highest BCUT2D eigenvalue weighted by Gasteiger charge is 1.94. The quantitative estimate of drug-likeness (QED) is 0.750. The first kappa shape index (κ1) is 10.6. The highest BCUT2D eigenvalue weighted by molar-refractivity contribution is 5.63. The molecule has 0 aliphatic heterocycles. The first-order valence-electron chi connectivity index (χ1n) is 5.47. The number of rotatable bonds is 3. The zero-order valence-electron chi connectivity index (χ0n) is 9.43. The lowest BCUT2D eigenvalue weighted by Gasteiger charge is -2.01. The normalized spacial score (nSPS) is 11.4. The van der Waals surface area contributed by atoms with E-state index in [1.807, 2.05) is 30.6 Å². The number of nitrogens with zero attached hydrogens (tertiary/aromatic N) is 1. The molecule has 0 fully saturated rings. The highest BCUT2D eigenvalue weighted by atomic mass is 14.6. The molecule has 0 aliphatic carbocycles. The molecule has 0 aliphatic rings. The van der Waals surface area contributed by atoms with Crippen LogP contribution in [0.4, 0.5) is 0 Å². The van der Waals surface area contributed by atoms with Crippen molar-refractivity contribution in [3.05, 3.63) is 72.1 Å². The van der Waals surface area contributed by atoms with Crippen molar-refractivity contribution in [2.24, 2.45) is 0 Å². The van der Waals surface area contributed by atoms with Crippen LogP contribution in [0, 0.1) is 0 Å². The SMILES string of the molecule is C/C(=C/Cc1ccccc1)c1ccncc1. The van der Waals surface area contributed by atoms with Gasteiger partial charge in [-0.05, 0) is 42.2 Å². The third-order valence-corrected chi connectivity index (χ3v) is 2.62. The van der Waals surface area contributed by atoms with Crippen molar-refractivity contribution in [2.75, 3.05) is 0 Å². The average Bonchev–Trinajstić information content (AvgIpc) is 2.38. The van der Waals surface area contributed by atoms with Gasteiger partial charge in [-0.2, -0.15) is 0 Å². The molecule has 0 unspecified atom stereocenters. The molecule has 0 saturated heterocycles. The Balaban J connectivity index is 2.09. The fraction of sp³-hybridized carbons (Fsp3) is 0.133. The lowest BCUT2D eigenvalue weighted by molar-refractivity contribution is 1.26. The van der Waals surface area contributed by atoms with E-state index in [2.05, 4.69) is 42.2 Å². The lowest BCUT2D eigenvalue weighted by Crippen LogP contribution is -1.83. The molecule has 0 saturated carbocycles. The maximum Gasteiger partial charge on any atom is 0.0273 e. The second kappa shape index (κ2) is 5.26. The summed E-state index contributed by atoms with van der Waals surface area (Å²) >= 11 is 0. The minimum absolute atomic E-state index is 0.981. The molecule has 1 nitrogen and oxygen atoms in total. The van der Waals surface area contributed by atoms with E-state index < -0.39 is 0 Å². The van der Waals surface area contributed by atoms with E-state index >= 15 is 0 Å². The van der Waals surface area contributed by atoms with Gasteiger partial charge in [-0.1, -0.05) is 36.4 Å². The standard InChI is InChI=1S/C15H15N/c1-13(15-9-11-16-12-10-15)7-8-14-5-3-2-4-6-14/h2-7,9-12H,8H2,1H3/b13-7-. The molecular weight excluding hydrogens is 194 g/mol. The van der Waals surface area contributed by atoms with Gasteiger partial charge in [0.2, 0.25) is 0 Å². The first-order valence-corrected chi connectivity index (χ1v) is 5.47. The summed E-state index contributed by atoms with van der Waals surface area (Å²) in [5, 5.41) is 0. The predicted molar refractivity (Wildman–Crippen MR) is 68.0 cm³/mol. The maximum absolute atomic E-state index is 4.02. The van der Waals surface area contributed by atoms with Gasteiger partial charge in [0.05, 0.1) is 0 Å². The van der Waals surface area contributed by atoms with Gasteiger partial charge in [-0.25, -0.2) is 0 Å². The van der Waals surface area contributed by atoms with Gasteiger partial charge in [-0.15, -0.1) is 0 Å². The molecule has 80 valence electrons. The Morgan fingerprint density at radius 3 is 2.44 bits per heavy atom. The number of aromatic nitrogens is 1. The number of allylic oxidation sites excluding steroid dienone is 2. The summed E-state index contributed by atoms with van der Waals surface area (Å²) in [6, 6.07) is 14.6. The zero-order valence-corrected chi connectivity index (χ0v) is 9.43. The van der Waals surface area contributed by atoms with E-state index in [1.165, 1.54) is 16.7 Å². The third kappa shape index (κ3) is 2.80. The topological polar surface area (TPSA) is 12.9 Å². The van der Waals surface area contributed by atoms with Gasteiger partial charge in [-0.3, -0.25) is 4.98 Å². The number of pyridine rings is 1. The van der Waals surface area contributed by atoms with Crippen LogP contribution in [0.1, 0.15) is 18.1 Å². The first-order chi connectivity index (χ1) is 7.86. The molecule has 0 amide bonds. The van der Waals surface area contributed by atoms with Crippen LogP contribution in [0.2, 0.25) is 0 Å². The van der Waals surface area contributed by atoms with Crippen LogP contribution < -0.4 is 0 Å². The molecule has 1 aromatic heterocycles. The molecule has 0 radical (unpaired) electrons. The zero-order chi connectivity index (χ0) is 11.2. The summed E-state index contributed by atoms with van der Waals surface area (Å²) in [6.45, 7) is 2.14. The molecule has 16 heavy (non-hydrogen) atoms. The van der Waals surface area contributed by atoms with Crippen molar-refractivity contribution in [1.29, 1.82) is 0 Å². The Morgan fingerprint density at radius 2 is 1.75 bits per heavy atom. The summed E-state index contributed by atoms with van der Waals surface area (Å²) in [7, 11) is 0. The van der Waals surface area contributed by atoms with Gasteiger partial charge in [0.25, 0.3) is 0 Å². The summed E-state index contributed by atoms with van der Waals surface area (Å²) in [5.74, 6) is 0. The van der Waals surface area contributed by atoms with Crippen LogP contribution in [0.15, 0.2) is 60.9 Å². The summed E-state index contributed by atoms with van der Waals surface area (Å²) in [6.07, 6.45) is 6.89. The van der Waals surface area contributed by atoms with Crippen LogP contribution in [0.3, 0.4) is 0 Å². The van der Waals surface area contributed by atoms with Crippen molar-refractivity contribution in [1.82, 2.24) is 4.98 Å². The fourth-order valence-corrected chi connectivity index (χ4v) is 1.62. The Labute approximate surface area is 96.5 Å². The minimum atomic E-state index is 0.981. The molecule has 0 atom stereocenters. The molecule has 2 aromatic rings. The summed E-state index contributed by atoms with van der Waals surface area (Å²) in [4.78, 5) is 4.02. The second-order valence-electron chi connectivity index (χ2n) is 3.81. The predicted octanol–water partition coefficient (Wildman–Crippen LogP) is 3.73. The van der Waals surface area contributed by atoms with Crippen LogP contribution in [0.25, 0.3) is 5.57 Å². The number of hydrogen-bond acceptors (Lipinski definition) is 1. The van der Waals surface area contributed by atoms with Crippen LogP contribution in [-0.2, 0) is 6.42 Å². The third-order valence-electron chi connectivity index (χ3n) is 2.62. The minimum Gasteiger partial charge on any atom is -0.265 e. The van der Waals surface area contributed by atoms with Crippen molar-refractivity contribution in [3.8, 4) is 0 Å². The van der Waals surface area contributed by atoms with E-state index in [-0.39, 0.29) is 0 Å². The summed E-state index contributed by atoms with van der Waals surface area (Å²) in [5.41, 5.74) is 3.88. The molecule has 0 spiro atoms. The van der Waals surface area contributed by atoms with Gasteiger partial charge >= 0.3 is 0 Å². The van der Waals surface area contributed by atoms with Gasteiger partial charge < -0.3 is 0 Å². The smallest absolute Gasteiger partial charge is 0.0273 e. The molecule has 1 aromatic carbocycles. The van der Waals surface area contributed by atoms with E-state index in [0.29, 0.717) is 0 Å². The average molecular weight is 209 g/mol. The maximum atomic E-state index is 4.02. The lowest BCUT2D eigenvalue weighted by atomic mass is 10.1. The van der Waals surface area contributed by atoms with Crippen molar-refractivity contribution in [2.45, 2.75) is 13.3 Å². The molecule has 0 bridgehead atoms. The second-order valence-corrected chi connectivity index (χ2v) is 3.81. The van der Waals surface area contributed by atoms with Crippen molar-refractivity contribution in [3.63, 3.8) is 0 Å². The Morgan fingerprint density at radius 1 is 1.06 bits per heavy atom. The van der Waals surface area contributed by atoms with E-state index in [4.69, 9.17) is 0 Å².